The van der Waals surface area contributed by atoms with Crippen LogP contribution in [0.3, 0.4) is 0 Å². The molecule has 0 unspecified atom stereocenters. The smallest absolute Gasteiger partial charge is 0.204 e. The summed E-state index contributed by atoms with van der Waals surface area (Å²) in [6, 6.07) is 14.5. The van der Waals surface area contributed by atoms with Gasteiger partial charge in [0.2, 0.25) is 5.75 Å². The number of para-hydroxylation sites is 2. The minimum atomic E-state index is -0.413. The second-order valence-corrected chi connectivity index (χ2v) is 5.90. The van der Waals surface area contributed by atoms with Gasteiger partial charge >= 0.3 is 0 Å². The Morgan fingerprint density at radius 1 is 1.13 bits per heavy atom. The Balaban J connectivity index is 1.65. The van der Waals surface area contributed by atoms with Gasteiger partial charge in [-0.25, -0.2) is 4.39 Å². The predicted octanol–water partition coefficient (Wildman–Crippen LogP) is 4.48. The van der Waals surface area contributed by atoms with E-state index in [1.54, 1.807) is 24.3 Å². The Morgan fingerprint density at radius 3 is 2.70 bits per heavy atom. The largest absolute Gasteiger partial charge is 0.489 e. The van der Waals surface area contributed by atoms with Gasteiger partial charge in [0.25, 0.3) is 0 Å². The molecule has 0 aromatic heterocycles. The van der Waals surface area contributed by atoms with Crippen LogP contribution in [0.4, 0.5) is 4.39 Å². The van der Waals surface area contributed by atoms with Gasteiger partial charge in [0.1, 0.15) is 5.75 Å². The minimum absolute atomic E-state index is 0.151. The number of hydrogen-bond donors (Lipinski definition) is 0. The molecule has 1 heterocycles. The van der Waals surface area contributed by atoms with Gasteiger partial charge in [-0.1, -0.05) is 24.3 Å². The first kappa shape index (κ1) is 15.8. The first-order valence-corrected chi connectivity index (χ1v) is 8.08. The summed E-state index contributed by atoms with van der Waals surface area (Å²) in [4.78, 5) is 2.36. The maximum Gasteiger partial charge on any atom is 0.204 e. The van der Waals surface area contributed by atoms with Crippen molar-refractivity contribution in [2.45, 2.75) is 25.3 Å². The van der Waals surface area contributed by atoms with Gasteiger partial charge in [0, 0.05) is 6.04 Å². The van der Waals surface area contributed by atoms with E-state index in [1.165, 1.54) is 18.9 Å². The molecule has 0 spiro atoms. The second-order valence-electron chi connectivity index (χ2n) is 5.90. The van der Waals surface area contributed by atoms with Crippen LogP contribution in [0, 0.1) is 5.82 Å². The maximum absolute atomic E-state index is 14.1. The molecular formula is C19H22FNO2. The van der Waals surface area contributed by atoms with Crippen LogP contribution in [-0.4, -0.2) is 31.1 Å². The number of halogens is 1. The molecule has 1 saturated heterocycles. The summed E-state index contributed by atoms with van der Waals surface area (Å²) in [6.45, 7) is 1.70. The highest BCUT2D eigenvalue weighted by Gasteiger charge is 2.21. The van der Waals surface area contributed by atoms with Crippen molar-refractivity contribution < 1.29 is 13.9 Å². The van der Waals surface area contributed by atoms with Gasteiger partial charge in [0.15, 0.2) is 11.6 Å². The zero-order valence-corrected chi connectivity index (χ0v) is 13.4. The molecule has 3 rings (SSSR count). The second kappa shape index (κ2) is 7.47. The van der Waals surface area contributed by atoms with Crippen LogP contribution >= 0.6 is 0 Å². The molecule has 2 aromatic rings. The van der Waals surface area contributed by atoms with Crippen molar-refractivity contribution in [1.82, 2.24) is 4.90 Å². The number of nitrogens with zero attached hydrogens (tertiary/aromatic N) is 1. The van der Waals surface area contributed by atoms with E-state index >= 15 is 0 Å². The van der Waals surface area contributed by atoms with Crippen LogP contribution in [0.15, 0.2) is 48.5 Å². The average molecular weight is 315 g/mol. The van der Waals surface area contributed by atoms with E-state index in [9.17, 15) is 4.39 Å². The molecule has 23 heavy (non-hydrogen) atoms. The predicted molar refractivity (Wildman–Crippen MR) is 88.7 cm³/mol. The topological polar surface area (TPSA) is 21.7 Å². The number of benzene rings is 2. The number of rotatable bonds is 6. The Morgan fingerprint density at radius 2 is 1.96 bits per heavy atom. The lowest BCUT2D eigenvalue weighted by Crippen LogP contribution is -2.26. The van der Waals surface area contributed by atoms with E-state index in [4.69, 9.17) is 9.47 Å². The fourth-order valence-electron chi connectivity index (χ4n) is 2.96. The summed E-state index contributed by atoms with van der Waals surface area (Å²) in [7, 11) is 2.14. The van der Waals surface area contributed by atoms with Crippen LogP contribution in [-0.2, 0) is 0 Å². The summed E-state index contributed by atoms with van der Waals surface area (Å²) in [5, 5.41) is 0. The van der Waals surface area contributed by atoms with Gasteiger partial charge < -0.3 is 14.4 Å². The molecule has 0 radical (unpaired) electrons. The van der Waals surface area contributed by atoms with Crippen LogP contribution < -0.4 is 9.47 Å². The molecule has 2 aromatic carbocycles. The van der Waals surface area contributed by atoms with E-state index < -0.39 is 5.82 Å². The summed E-state index contributed by atoms with van der Waals surface area (Å²) >= 11 is 0. The average Bonchev–Trinajstić information content (AvgIpc) is 2.97. The lowest BCUT2D eigenvalue weighted by atomic mass is 10.1. The summed E-state index contributed by atoms with van der Waals surface area (Å²) < 4.78 is 25.6. The van der Waals surface area contributed by atoms with Gasteiger partial charge in [-0.05, 0) is 57.1 Å². The van der Waals surface area contributed by atoms with Crippen molar-refractivity contribution in [1.29, 1.82) is 0 Å². The molecule has 1 atom stereocenters. The van der Waals surface area contributed by atoms with E-state index in [1.807, 2.05) is 18.2 Å². The zero-order chi connectivity index (χ0) is 16.1. The van der Waals surface area contributed by atoms with Crippen molar-refractivity contribution in [3.8, 4) is 17.2 Å². The molecule has 1 aliphatic heterocycles. The number of hydrogen-bond acceptors (Lipinski definition) is 3. The molecule has 0 amide bonds. The van der Waals surface area contributed by atoms with Gasteiger partial charge in [-0.3, -0.25) is 0 Å². The van der Waals surface area contributed by atoms with Crippen molar-refractivity contribution in [3.05, 3.63) is 54.3 Å². The van der Waals surface area contributed by atoms with E-state index in [2.05, 4.69) is 11.9 Å². The molecule has 4 heteroatoms. The molecule has 0 saturated carbocycles. The van der Waals surface area contributed by atoms with Crippen molar-refractivity contribution >= 4 is 0 Å². The fraction of sp³-hybridized carbons (Fsp3) is 0.368. The number of ether oxygens (including phenoxy) is 2. The highest BCUT2D eigenvalue weighted by atomic mass is 19.1. The lowest BCUT2D eigenvalue weighted by Gasteiger charge is -2.20. The molecule has 3 nitrogen and oxygen atoms in total. The standard InChI is InChI=1S/C19H22FNO2/c1-21-13-6-7-15(21)12-14-22-18-11-5-10-17(20)19(18)23-16-8-3-2-4-9-16/h2-5,8-11,15H,6-7,12-14H2,1H3/t15-/m1/s1. The Hall–Kier alpha value is -2.07. The minimum Gasteiger partial charge on any atom is -0.489 e. The van der Waals surface area contributed by atoms with E-state index in [-0.39, 0.29) is 5.75 Å². The summed E-state index contributed by atoms with van der Waals surface area (Å²) in [6.07, 6.45) is 3.39. The molecule has 0 bridgehead atoms. The van der Waals surface area contributed by atoms with Crippen molar-refractivity contribution in [2.24, 2.45) is 0 Å². The monoisotopic (exact) mass is 315 g/mol. The van der Waals surface area contributed by atoms with Gasteiger partial charge in [-0.2, -0.15) is 0 Å². The molecular weight excluding hydrogens is 293 g/mol. The van der Waals surface area contributed by atoms with E-state index in [0.717, 1.165) is 13.0 Å². The highest BCUT2D eigenvalue weighted by molar-refractivity contribution is 5.43. The van der Waals surface area contributed by atoms with Gasteiger partial charge in [-0.15, -0.1) is 0 Å². The van der Waals surface area contributed by atoms with Crippen molar-refractivity contribution in [2.75, 3.05) is 20.2 Å². The quantitative estimate of drug-likeness (QED) is 0.784. The zero-order valence-electron chi connectivity index (χ0n) is 13.4. The summed E-state index contributed by atoms with van der Waals surface area (Å²) in [5.74, 6) is 0.787. The third kappa shape index (κ3) is 4.02. The first-order valence-electron chi connectivity index (χ1n) is 8.08. The Labute approximate surface area is 136 Å². The normalized spacial score (nSPS) is 18.1. The Kier molecular flexibility index (Phi) is 5.13. The maximum atomic E-state index is 14.1. The van der Waals surface area contributed by atoms with Crippen LogP contribution in [0.25, 0.3) is 0 Å². The van der Waals surface area contributed by atoms with E-state index in [0.29, 0.717) is 24.1 Å². The first-order chi connectivity index (χ1) is 11.2. The molecule has 0 N–H and O–H groups in total. The molecule has 0 aliphatic carbocycles. The highest BCUT2D eigenvalue weighted by Crippen LogP contribution is 2.34. The molecule has 1 fully saturated rings. The van der Waals surface area contributed by atoms with Crippen LogP contribution in [0.2, 0.25) is 0 Å². The Bertz CT molecular complexity index is 633. The third-order valence-electron chi connectivity index (χ3n) is 4.27. The lowest BCUT2D eigenvalue weighted by molar-refractivity contribution is 0.228. The third-order valence-corrected chi connectivity index (χ3v) is 4.27. The van der Waals surface area contributed by atoms with Gasteiger partial charge in [0.05, 0.1) is 6.61 Å². The SMILES string of the molecule is CN1CCC[C@@H]1CCOc1cccc(F)c1Oc1ccccc1. The van der Waals surface area contributed by atoms with Crippen LogP contribution in [0.1, 0.15) is 19.3 Å². The van der Waals surface area contributed by atoms with Crippen molar-refractivity contribution in [3.63, 3.8) is 0 Å². The molecule has 122 valence electrons. The summed E-state index contributed by atoms with van der Waals surface area (Å²) in [5.41, 5.74) is 0. The molecule has 1 aliphatic rings. The van der Waals surface area contributed by atoms with Crippen LogP contribution in [0.5, 0.6) is 17.2 Å². The number of likely N-dealkylation sites (tertiary alicyclic amines) is 1. The fourth-order valence-corrected chi connectivity index (χ4v) is 2.96.